The highest BCUT2D eigenvalue weighted by molar-refractivity contribution is 5.05. The first-order chi connectivity index (χ1) is 10.3. The molecule has 0 aromatic rings. The van der Waals surface area contributed by atoms with Crippen molar-refractivity contribution in [2.45, 2.75) is 58.0 Å². The van der Waals surface area contributed by atoms with Gasteiger partial charge in [-0.3, -0.25) is 9.80 Å². The topological polar surface area (TPSA) is 9.72 Å². The summed E-state index contributed by atoms with van der Waals surface area (Å²) in [7, 11) is 2.28. The van der Waals surface area contributed by atoms with Crippen molar-refractivity contribution in [3.63, 3.8) is 0 Å². The van der Waals surface area contributed by atoms with Crippen LogP contribution >= 0.6 is 0 Å². The van der Waals surface area contributed by atoms with Crippen molar-refractivity contribution in [2.24, 2.45) is 17.3 Å². The average molecular weight is 306 g/mol. The first kappa shape index (κ1) is 15.4. The van der Waals surface area contributed by atoms with E-state index in [0.717, 1.165) is 17.9 Å². The molecule has 4 rings (SSSR count). The van der Waals surface area contributed by atoms with Crippen LogP contribution in [0.15, 0.2) is 0 Å². The minimum Gasteiger partial charge on any atom is -0.306 e. The molecule has 22 heavy (non-hydrogen) atoms. The molecule has 4 aliphatic rings. The van der Waals surface area contributed by atoms with Crippen LogP contribution in [-0.2, 0) is 0 Å². The van der Waals surface area contributed by atoms with Crippen molar-refractivity contribution < 1.29 is 0 Å². The molecule has 1 saturated carbocycles. The Hall–Kier alpha value is -0.120. The summed E-state index contributed by atoms with van der Waals surface area (Å²) in [6.45, 7) is 15.3. The summed E-state index contributed by atoms with van der Waals surface area (Å²) in [6, 6.07) is 0.919. The summed E-state index contributed by atoms with van der Waals surface area (Å²) in [6.07, 6.45) is 5.84. The highest BCUT2D eigenvalue weighted by atomic mass is 15.3. The van der Waals surface area contributed by atoms with Gasteiger partial charge in [0.15, 0.2) is 0 Å². The normalized spacial score (nSPS) is 40.1. The largest absolute Gasteiger partial charge is 0.306 e. The van der Waals surface area contributed by atoms with Crippen LogP contribution in [-0.4, -0.2) is 72.6 Å². The number of nitrogens with zero attached hydrogens (tertiary/aromatic N) is 3. The van der Waals surface area contributed by atoms with E-state index in [4.69, 9.17) is 0 Å². The van der Waals surface area contributed by atoms with Gasteiger partial charge >= 0.3 is 0 Å². The van der Waals surface area contributed by atoms with E-state index in [1.807, 2.05) is 0 Å². The summed E-state index contributed by atoms with van der Waals surface area (Å²) in [5.74, 6) is 1.97. The summed E-state index contributed by atoms with van der Waals surface area (Å²) in [5.41, 5.74) is 1.08. The Morgan fingerprint density at radius 2 is 1.45 bits per heavy atom. The van der Waals surface area contributed by atoms with Crippen LogP contribution in [0.3, 0.4) is 0 Å². The predicted octanol–water partition coefficient (Wildman–Crippen LogP) is 2.52. The molecule has 2 unspecified atom stereocenters. The molecule has 126 valence electrons. The molecule has 0 N–H and O–H groups in total. The summed E-state index contributed by atoms with van der Waals surface area (Å²) in [5, 5.41) is 0. The molecule has 1 spiro atoms. The van der Waals surface area contributed by atoms with E-state index in [0.29, 0.717) is 11.0 Å². The van der Waals surface area contributed by atoms with Gasteiger partial charge in [-0.15, -0.1) is 0 Å². The quantitative estimate of drug-likeness (QED) is 0.737. The predicted molar refractivity (Wildman–Crippen MR) is 92.1 cm³/mol. The van der Waals surface area contributed by atoms with Gasteiger partial charge in [0.2, 0.25) is 0 Å². The van der Waals surface area contributed by atoms with Gasteiger partial charge in [-0.25, -0.2) is 0 Å². The monoisotopic (exact) mass is 305 g/mol. The molecule has 4 fully saturated rings. The lowest BCUT2D eigenvalue weighted by Gasteiger charge is -2.56. The summed E-state index contributed by atoms with van der Waals surface area (Å²) < 4.78 is 0. The zero-order valence-corrected chi connectivity index (χ0v) is 15.1. The first-order valence-corrected chi connectivity index (χ1v) is 9.52. The molecule has 0 aromatic heterocycles. The van der Waals surface area contributed by atoms with Crippen molar-refractivity contribution in [1.29, 1.82) is 0 Å². The van der Waals surface area contributed by atoms with Gasteiger partial charge in [0, 0.05) is 37.8 Å². The minimum absolute atomic E-state index is 0.370. The van der Waals surface area contributed by atoms with Crippen LogP contribution in [0.5, 0.6) is 0 Å². The minimum atomic E-state index is 0.370. The van der Waals surface area contributed by atoms with E-state index in [1.165, 1.54) is 65.0 Å². The smallest absolute Gasteiger partial charge is 0.0125 e. The SMILES string of the molecule is CN1CCC2(CC1)CN(C1CC3CN(C(C)(C)C)CC3C1)C2. The highest BCUT2D eigenvalue weighted by Gasteiger charge is 2.51. The number of hydrogen-bond acceptors (Lipinski definition) is 3. The van der Waals surface area contributed by atoms with Gasteiger partial charge < -0.3 is 4.90 Å². The lowest BCUT2D eigenvalue weighted by atomic mass is 9.71. The Morgan fingerprint density at radius 3 is 1.95 bits per heavy atom. The molecular weight excluding hydrogens is 270 g/mol. The Balaban J connectivity index is 1.28. The maximum atomic E-state index is 2.85. The number of fused-ring (bicyclic) bond motifs is 1. The number of hydrogen-bond donors (Lipinski definition) is 0. The van der Waals surface area contributed by atoms with Gasteiger partial charge in [0.05, 0.1) is 0 Å². The van der Waals surface area contributed by atoms with Gasteiger partial charge in [-0.2, -0.15) is 0 Å². The molecule has 3 aliphatic heterocycles. The van der Waals surface area contributed by atoms with Crippen LogP contribution in [0.2, 0.25) is 0 Å². The van der Waals surface area contributed by atoms with E-state index in [2.05, 4.69) is 42.5 Å². The van der Waals surface area contributed by atoms with Crippen LogP contribution in [0.1, 0.15) is 46.5 Å². The van der Waals surface area contributed by atoms with E-state index in [-0.39, 0.29) is 0 Å². The highest BCUT2D eigenvalue weighted by Crippen LogP contribution is 2.47. The van der Waals surface area contributed by atoms with E-state index >= 15 is 0 Å². The third kappa shape index (κ3) is 2.63. The number of piperidine rings is 1. The lowest BCUT2D eigenvalue weighted by molar-refractivity contribution is -0.0668. The van der Waals surface area contributed by atoms with E-state index in [9.17, 15) is 0 Å². The maximum Gasteiger partial charge on any atom is 0.0125 e. The Labute approximate surface area is 137 Å². The van der Waals surface area contributed by atoms with Crippen molar-refractivity contribution in [3.05, 3.63) is 0 Å². The molecular formula is C19H35N3. The van der Waals surface area contributed by atoms with Crippen molar-refractivity contribution in [3.8, 4) is 0 Å². The molecule has 3 heteroatoms. The molecule has 3 heterocycles. The van der Waals surface area contributed by atoms with E-state index in [1.54, 1.807) is 0 Å². The Bertz CT molecular complexity index is 397. The third-order valence-electron chi connectivity index (χ3n) is 7.32. The molecule has 1 aliphatic carbocycles. The van der Waals surface area contributed by atoms with Gasteiger partial charge in [0.25, 0.3) is 0 Å². The van der Waals surface area contributed by atoms with Crippen LogP contribution in [0.25, 0.3) is 0 Å². The van der Waals surface area contributed by atoms with Crippen LogP contribution < -0.4 is 0 Å². The standard InChI is InChI=1S/C19H35N3/c1-18(2,3)22-11-15-9-17(10-16(15)12-22)21-13-19(14-21)5-7-20(4)8-6-19/h15-17H,5-14H2,1-4H3. The lowest BCUT2D eigenvalue weighted by Crippen LogP contribution is -2.62. The molecule has 3 saturated heterocycles. The fraction of sp³-hybridized carbons (Fsp3) is 1.00. The van der Waals surface area contributed by atoms with Crippen molar-refractivity contribution in [2.75, 3.05) is 46.3 Å². The summed E-state index contributed by atoms with van der Waals surface area (Å²) >= 11 is 0. The zero-order chi connectivity index (χ0) is 15.5. The van der Waals surface area contributed by atoms with Gasteiger partial charge in [-0.05, 0) is 83.8 Å². The third-order valence-corrected chi connectivity index (χ3v) is 7.32. The Kier molecular flexibility index (Phi) is 3.63. The molecule has 0 radical (unpaired) electrons. The maximum absolute atomic E-state index is 2.85. The number of rotatable bonds is 1. The number of likely N-dealkylation sites (tertiary alicyclic amines) is 3. The molecule has 0 bridgehead atoms. The van der Waals surface area contributed by atoms with Crippen molar-refractivity contribution in [1.82, 2.24) is 14.7 Å². The fourth-order valence-corrected chi connectivity index (χ4v) is 5.60. The van der Waals surface area contributed by atoms with Crippen LogP contribution in [0.4, 0.5) is 0 Å². The van der Waals surface area contributed by atoms with Crippen molar-refractivity contribution >= 4 is 0 Å². The van der Waals surface area contributed by atoms with Gasteiger partial charge in [0.1, 0.15) is 0 Å². The van der Waals surface area contributed by atoms with Crippen LogP contribution in [0, 0.1) is 17.3 Å². The molecule has 2 atom stereocenters. The van der Waals surface area contributed by atoms with E-state index < -0.39 is 0 Å². The second-order valence-corrected chi connectivity index (χ2v) is 9.93. The fourth-order valence-electron chi connectivity index (χ4n) is 5.60. The van der Waals surface area contributed by atoms with Gasteiger partial charge in [-0.1, -0.05) is 0 Å². The average Bonchev–Trinajstić information content (AvgIpc) is 2.94. The molecule has 0 amide bonds. The first-order valence-electron chi connectivity index (χ1n) is 9.52. The molecule has 0 aromatic carbocycles. The zero-order valence-electron chi connectivity index (χ0n) is 15.1. The molecule has 3 nitrogen and oxygen atoms in total. The summed E-state index contributed by atoms with van der Waals surface area (Å²) in [4.78, 5) is 8.09. The Morgan fingerprint density at radius 1 is 0.909 bits per heavy atom. The second-order valence-electron chi connectivity index (χ2n) is 9.93. The second kappa shape index (κ2) is 5.19.